The number of furan rings is 1. The van der Waals surface area contributed by atoms with Crippen molar-refractivity contribution in [1.82, 2.24) is 10.2 Å². The van der Waals surface area contributed by atoms with Crippen molar-refractivity contribution in [2.75, 3.05) is 7.05 Å². The van der Waals surface area contributed by atoms with E-state index in [4.69, 9.17) is 4.42 Å². The number of carbonyl (C=O) groups excluding carboxylic acids is 1. The largest absolute Gasteiger partial charge is 0.459 e. The maximum absolute atomic E-state index is 12.5. The Balaban J connectivity index is 1.34. The number of hydrogen-bond donors (Lipinski definition) is 1. The van der Waals surface area contributed by atoms with Crippen LogP contribution in [0.2, 0.25) is 0 Å². The lowest BCUT2D eigenvalue weighted by molar-refractivity contribution is 0.0816. The summed E-state index contributed by atoms with van der Waals surface area (Å²) >= 11 is 0. The van der Waals surface area contributed by atoms with Crippen LogP contribution in [0.25, 0.3) is 22.1 Å². The summed E-state index contributed by atoms with van der Waals surface area (Å²) in [5.74, 6) is 1.19. The first-order valence-corrected chi connectivity index (χ1v) is 11.8. The molecule has 0 spiro atoms. The third-order valence-corrected chi connectivity index (χ3v) is 7.24. The minimum absolute atomic E-state index is 0.107. The summed E-state index contributed by atoms with van der Waals surface area (Å²) in [6.07, 6.45) is 3.26. The number of amides is 1. The lowest BCUT2D eigenvalue weighted by atomic mass is 9.90. The molecule has 1 N–H and O–H groups in total. The Kier molecular flexibility index (Phi) is 4.84. The van der Waals surface area contributed by atoms with Crippen LogP contribution in [0.3, 0.4) is 0 Å². The van der Waals surface area contributed by atoms with Crippen molar-refractivity contribution < 1.29 is 9.21 Å². The molecule has 166 valence electrons. The molecular weight excluding hydrogens is 408 g/mol. The van der Waals surface area contributed by atoms with Crippen LogP contribution in [-0.4, -0.2) is 17.9 Å². The monoisotopic (exact) mass is 436 g/mol. The molecule has 33 heavy (non-hydrogen) atoms. The van der Waals surface area contributed by atoms with Gasteiger partial charge in [-0.2, -0.15) is 0 Å². The Labute approximate surface area is 194 Å². The first-order chi connectivity index (χ1) is 16.1. The van der Waals surface area contributed by atoms with Crippen molar-refractivity contribution in [2.24, 2.45) is 0 Å². The van der Waals surface area contributed by atoms with Gasteiger partial charge in [0.25, 0.3) is 5.91 Å². The summed E-state index contributed by atoms with van der Waals surface area (Å²) in [5, 5.41) is 5.00. The SMILES string of the molecule is CC(NC1CCCc2c1oc1ccc(-c3ccc4c(c3)C(=O)N(C)C4)cc21)c1ccccc1. The zero-order valence-corrected chi connectivity index (χ0v) is 19.1. The van der Waals surface area contributed by atoms with E-state index < -0.39 is 0 Å². The van der Waals surface area contributed by atoms with E-state index in [1.165, 1.54) is 16.5 Å². The molecule has 0 saturated carbocycles. The quantitative estimate of drug-likeness (QED) is 0.402. The minimum atomic E-state index is 0.107. The molecular formula is C29H28N2O2. The van der Waals surface area contributed by atoms with E-state index in [0.717, 1.165) is 52.9 Å². The molecule has 4 nitrogen and oxygen atoms in total. The molecule has 2 unspecified atom stereocenters. The molecule has 0 bridgehead atoms. The van der Waals surface area contributed by atoms with E-state index in [-0.39, 0.29) is 18.0 Å². The summed E-state index contributed by atoms with van der Waals surface area (Å²) in [6, 6.07) is 23.8. The summed E-state index contributed by atoms with van der Waals surface area (Å²) < 4.78 is 6.41. The topological polar surface area (TPSA) is 45.5 Å². The number of hydrogen-bond acceptors (Lipinski definition) is 3. The molecule has 1 amide bonds. The normalized spacial score (nSPS) is 18.4. The van der Waals surface area contributed by atoms with Crippen molar-refractivity contribution in [3.63, 3.8) is 0 Å². The van der Waals surface area contributed by atoms with Crippen LogP contribution in [-0.2, 0) is 13.0 Å². The highest BCUT2D eigenvalue weighted by molar-refractivity contribution is 5.99. The van der Waals surface area contributed by atoms with Crippen LogP contribution in [0.4, 0.5) is 0 Å². The average molecular weight is 437 g/mol. The van der Waals surface area contributed by atoms with Crippen LogP contribution in [0, 0.1) is 0 Å². The van der Waals surface area contributed by atoms with E-state index in [1.54, 1.807) is 4.90 Å². The highest BCUT2D eigenvalue weighted by Gasteiger charge is 2.28. The van der Waals surface area contributed by atoms with Crippen molar-refractivity contribution in [3.8, 4) is 11.1 Å². The molecule has 4 heteroatoms. The zero-order valence-electron chi connectivity index (χ0n) is 19.1. The van der Waals surface area contributed by atoms with E-state index >= 15 is 0 Å². The van der Waals surface area contributed by atoms with Crippen LogP contribution in [0.5, 0.6) is 0 Å². The highest BCUT2D eigenvalue weighted by atomic mass is 16.3. The van der Waals surface area contributed by atoms with Gasteiger partial charge in [0.15, 0.2) is 0 Å². The minimum Gasteiger partial charge on any atom is -0.459 e. The van der Waals surface area contributed by atoms with Crippen LogP contribution < -0.4 is 5.32 Å². The van der Waals surface area contributed by atoms with Crippen molar-refractivity contribution >= 4 is 16.9 Å². The Morgan fingerprint density at radius 2 is 1.82 bits per heavy atom. The Morgan fingerprint density at radius 1 is 1.03 bits per heavy atom. The predicted octanol–water partition coefficient (Wildman–Crippen LogP) is 6.41. The molecule has 2 aliphatic rings. The number of aryl methyl sites for hydroxylation is 1. The highest BCUT2D eigenvalue weighted by Crippen LogP contribution is 2.40. The van der Waals surface area contributed by atoms with Gasteiger partial charge in [0, 0.05) is 36.1 Å². The fraction of sp³-hybridized carbons (Fsp3) is 0.276. The number of nitrogens with zero attached hydrogens (tertiary/aromatic N) is 1. The molecule has 2 heterocycles. The Morgan fingerprint density at radius 3 is 2.67 bits per heavy atom. The molecule has 1 aromatic heterocycles. The van der Waals surface area contributed by atoms with Crippen molar-refractivity contribution in [1.29, 1.82) is 0 Å². The second-order valence-electron chi connectivity index (χ2n) is 9.43. The van der Waals surface area contributed by atoms with Gasteiger partial charge < -0.3 is 14.6 Å². The average Bonchev–Trinajstić information content (AvgIpc) is 3.36. The van der Waals surface area contributed by atoms with Crippen LogP contribution in [0.15, 0.2) is 71.1 Å². The van der Waals surface area contributed by atoms with Gasteiger partial charge in [-0.3, -0.25) is 4.79 Å². The summed E-state index contributed by atoms with van der Waals surface area (Å²) in [4.78, 5) is 14.2. The van der Waals surface area contributed by atoms with Gasteiger partial charge in [0.1, 0.15) is 11.3 Å². The molecule has 1 aliphatic heterocycles. The van der Waals surface area contributed by atoms with Crippen LogP contribution in [0.1, 0.15) is 64.7 Å². The number of fused-ring (bicyclic) bond motifs is 4. The zero-order chi connectivity index (χ0) is 22.5. The second-order valence-corrected chi connectivity index (χ2v) is 9.43. The fourth-order valence-corrected chi connectivity index (χ4v) is 5.43. The smallest absolute Gasteiger partial charge is 0.254 e. The number of carbonyl (C=O) groups is 1. The maximum atomic E-state index is 12.5. The maximum Gasteiger partial charge on any atom is 0.254 e. The number of rotatable bonds is 4. The van der Waals surface area contributed by atoms with E-state index in [2.05, 4.69) is 72.9 Å². The Hall–Kier alpha value is -3.37. The molecule has 0 radical (unpaired) electrons. The third-order valence-electron chi connectivity index (χ3n) is 7.24. The number of benzene rings is 3. The van der Waals surface area contributed by atoms with Crippen LogP contribution >= 0.6 is 0 Å². The molecule has 4 aromatic rings. The molecule has 3 aromatic carbocycles. The standard InChI is InChI=1S/C29H28N2O2/c1-18(19-7-4-3-5-8-19)30-26-10-6-9-23-25-16-21(13-14-27(25)33-28(23)26)20-11-12-22-17-31(2)29(32)24(22)15-20/h3-5,7-8,11-16,18,26,30H,6,9-10,17H2,1-2H3. The predicted molar refractivity (Wildman–Crippen MR) is 131 cm³/mol. The van der Waals surface area contributed by atoms with E-state index in [0.29, 0.717) is 6.54 Å². The molecule has 6 rings (SSSR count). The van der Waals surface area contributed by atoms with Gasteiger partial charge in [-0.1, -0.05) is 48.5 Å². The van der Waals surface area contributed by atoms with Gasteiger partial charge in [0.05, 0.1) is 6.04 Å². The third kappa shape index (κ3) is 3.46. The Bertz CT molecular complexity index is 1360. The molecule has 2 atom stereocenters. The first-order valence-electron chi connectivity index (χ1n) is 11.8. The lowest BCUT2D eigenvalue weighted by Crippen LogP contribution is -2.27. The van der Waals surface area contributed by atoms with E-state index in [1.807, 2.05) is 13.1 Å². The lowest BCUT2D eigenvalue weighted by Gasteiger charge is -2.26. The molecule has 0 fully saturated rings. The number of nitrogens with one attached hydrogen (secondary N) is 1. The van der Waals surface area contributed by atoms with Gasteiger partial charge in [0.2, 0.25) is 0 Å². The van der Waals surface area contributed by atoms with Crippen molar-refractivity contribution in [2.45, 2.75) is 44.8 Å². The van der Waals surface area contributed by atoms with Gasteiger partial charge in [-0.15, -0.1) is 0 Å². The summed E-state index contributed by atoms with van der Waals surface area (Å²) in [7, 11) is 1.86. The van der Waals surface area contributed by atoms with Crippen molar-refractivity contribution in [3.05, 3.63) is 94.7 Å². The summed E-state index contributed by atoms with van der Waals surface area (Å²) in [6.45, 7) is 2.91. The molecule has 1 aliphatic carbocycles. The van der Waals surface area contributed by atoms with Gasteiger partial charge in [-0.25, -0.2) is 0 Å². The fourth-order valence-electron chi connectivity index (χ4n) is 5.43. The van der Waals surface area contributed by atoms with Gasteiger partial charge in [-0.05, 0) is 66.6 Å². The van der Waals surface area contributed by atoms with E-state index in [9.17, 15) is 4.79 Å². The molecule has 0 saturated heterocycles. The van der Waals surface area contributed by atoms with Gasteiger partial charge >= 0.3 is 0 Å². The first kappa shape index (κ1) is 20.3. The second kappa shape index (κ2) is 7.89. The summed E-state index contributed by atoms with van der Waals surface area (Å²) in [5.41, 5.74) is 7.70.